The average molecular weight is 474 g/mol. The minimum absolute atomic E-state index is 0.124. The molecule has 0 aromatic heterocycles. The minimum atomic E-state index is -0.237. The van der Waals surface area contributed by atoms with E-state index in [-0.39, 0.29) is 12.3 Å². The van der Waals surface area contributed by atoms with Crippen molar-refractivity contribution in [3.63, 3.8) is 0 Å². The maximum absolute atomic E-state index is 12.6. The molecule has 1 N–H and O–H groups in total. The third-order valence-electron chi connectivity index (χ3n) is 3.89. The number of rotatable bonds is 4. The van der Waals surface area contributed by atoms with Crippen LogP contribution in [0.25, 0.3) is 10.8 Å². The van der Waals surface area contributed by atoms with Crippen LogP contribution in [0.1, 0.15) is 5.56 Å². The van der Waals surface area contributed by atoms with E-state index < -0.39 is 0 Å². The summed E-state index contributed by atoms with van der Waals surface area (Å²) in [6.45, 7) is 0. The van der Waals surface area contributed by atoms with Crippen LogP contribution in [0.15, 0.2) is 46.9 Å². The quantitative estimate of drug-likeness (QED) is 0.426. The topological polar surface area (TPSA) is 38.3 Å². The first kappa shape index (κ1) is 19.3. The molecule has 3 rings (SSSR count). The number of nitrogens with one attached hydrogen (secondary N) is 1. The van der Waals surface area contributed by atoms with Gasteiger partial charge in [0.25, 0.3) is 0 Å². The second-order valence-corrected chi connectivity index (χ2v) is 7.72. The smallest absolute Gasteiger partial charge is 0.229 e. The van der Waals surface area contributed by atoms with E-state index in [0.29, 0.717) is 26.5 Å². The molecule has 0 heterocycles. The van der Waals surface area contributed by atoms with Gasteiger partial charge in [-0.2, -0.15) is 0 Å². The normalized spacial score (nSPS) is 10.8. The lowest BCUT2D eigenvalue weighted by Crippen LogP contribution is -2.15. The molecule has 0 unspecified atom stereocenters. The molecular weight excluding hydrogens is 460 g/mol. The van der Waals surface area contributed by atoms with Crippen LogP contribution in [0.3, 0.4) is 0 Å². The highest BCUT2D eigenvalue weighted by atomic mass is 79.9. The van der Waals surface area contributed by atoms with Crippen molar-refractivity contribution in [1.82, 2.24) is 0 Å². The van der Waals surface area contributed by atoms with E-state index in [4.69, 9.17) is 39.5 Å². The van der Waals surface area contributed by atoms with Gasteiger partial charge < -0.3 is 10.1 Å². The van der Waals surface area contributed by atoms with Gasteiger partial charge in [0.15, 0.2) is 0 Å². The van der Waals surface area contributed by atoms with Crippen LogP contribution in [0.2, 0.25) is 15.1 Å². The summed E-state index contributed by atoms with van der Waals surface area (Å²) in [4.78, 5) is 12.6. The van der Waals surface area contributed by atoms with Crippen molar-refractivity contribution in [2.24, 2.45) is 0 Å². The fourth-order valence-electron chi connectivity index (χ4n) is 2.69. The van der Waals surface area contributed by atoms with Gasteiger partial charge in [-0.05, 0) is 41.1 Å². The van der Waals surface area contributed by atoms with Gasteiger partial charge in [0.1, 0.15) is 5.75 Å². The van der Waals surface area contributed by atoms with Crippen LogP contribution in [-0.2, 0) is 11.2 Å². The zero-order chi connectivity index (χ0) is 18.8. The lowest BCUT2D eigenvalue weighted by molar-refractivity contribution is -0.115. The number of methoxy groups -OCH3 is 1. The molecule has 0 aliphatic carbocycles. The third-order valence-corrected chi connectivity index (χ3v) is 5.42. The molecule has 3 nitrogen and oxygen atoms in total. The molecule has 3 aromatic rings. The van der Waals surface area contributed by atoms with Crippen LogP contribution >= 0.6 is 50.7 Å². The summed E-state index contributed by atoms with van der Waals surface area (Å²) in [7, 11) is 1.58. The Kier molecular flexibility index (Phi) is 5.98. The SMILES string of the molecule is COc1ccc2cc(Br)ccc2c1CC(=O)Nc1cc(Cl)c(Cl)cc1Cl. The minimum Gasteiger partial charge on any atom is -0.496 e. The molecule has 134 valence electrons. The first-order valence-corrected chi connectivity index (χ1v) is 9.51. The zero-order valence-corrected chi connectivity index (χ0v) is 17.4. The second-order valence-electron chi connectivity index (χ2n) is 5.58. The second kappa shape index (κ2) is 8.05. The average Bonchev–Trinajstić information content (AvgIpc) is 2.59. The van der Waals surface area contributed by atoms with Crippen molar-refractivity contribution in [3.8, 4) is 5.75 Å². The molecule has 0 fully saturated rings. The predicted molar refractivity (Wildman–Crippen MR) is 112 cm³/mol. The Morgan fingerprint density at radius 1 is 1.04 bits per heavy atom. The van der Waals surface area contributed by atoms with E-state index in [2.05, 4.69) is 21.2 Å². The fourth-order valence-corrected chi connectivity index (χ4v) is 3.66. The molecule has 0 aliphatic heterocycles. The monoisotopic (exact) mass is 471 g/mol. The fraction of sp³-hybridized carbons (Fsp3) is 0.105. The molecule has 7 heteroatoms. The van der Waals surface area contributed by atoms with Crippen LogP contribution in [0.5, 0.6) is 5.75 Å². The summed E-state index contributed by atoms with van der Waals surface area (Å²) < 4.78 is 6.40. The van der Waals surface area contributed by atoms with Gasteiger partial charge in [0.2, 0.25) is 5.91 Å². The van der Waals surface area contributed by atoms with E-state index in [0.717, 1.165) is 20.8 Å². The van der Waals surface area contributed by atoms with Crippen LogP contribution < -0.4 is 10.1 Å². The molecule has 0 aliphatic rings. The summed E-state index contributed by atoms with van der Waals surface area (Å²) in [6, 6.07) is 12.7. The Morgan fingerprint density at radius 3 is 2.50 bits per heavy atom. The number of anilines is 1. The molecular formula is C19H13BrCl3NO2. The summed E-state index contributed by atoms with van der Waals surface area (Å²) in [6.07, 6.45) is 0.124. The number of hydrogen-bond acceptors (Lipinski definition) is 2. The largest absolute Gasteiger partial charge is 0.496 e. The Bertz CT molecular complexity index is 1010. The van der Waals surface area contributed by atoms with Gasteiger partial charge >= 0.3 is 0 Å². The first-order chi connectivity index (χ1) is 12.4. The Balaban J connectivity index is 1.93. The maximum Gasteiger partial charge on any atom is 0.229 e. The van der Waals surface area contributed by atoms with Crippen molar-refractivity contribution < 1.29 is 9.53 Å². The van der Waals surface area contributed by atoms with Crippen molar-refractivity contribution in [1.29, 1.82) is 0 Å². The molecule has 3 aromatic carbocycles. The number of fused-ring (bicyclic) bond motifs is 1. The number of halogens is 4. The van der Waals surface area contributed by atoms with E-state index in [1.807, 2.05) is 30.3 Å². The highest BCUT2D eigenvalue weighted by molar-refractivity contribution is 9.10. The lowest BCUT2D eigenvalue weighted by atomic mass is 10.0. The van der Waals surface area contributed by atoms with Crippen LogP contribution in [-0.4, -0.2) is 13.0 Å². The summed E-state index contributed by atoms with van der Waals surface area (Å²) in [5.74, 6) is 0.411. The molecule has 0 spiro atoms. The van der Waals surface area contributed by atoms with Gasteiger partial charge in [-0.1, -0.05) is 62.9 Å². The summed E-state index contributed by atoms with van der Waals surface area (Å²) in [5, 5.41) is 5.70. The van der Waals surface area contributed by atoms with Gasteiger partial charge in [0, 0.05) is 10.0 Å². The molecule has 1 amide bonds. The van der Waals surface area contributed by atoms with Gasteiger partial charge in [-0.3, -0.25) is 4.79 Å². The Morgan fingerprint density at radius 2 is 1.77 bits per heavy atom. The molecule has 0 bridgehead atoms. The first-order valence-electron chi connectivity index (χ1n) is 7.58. The van der Waals surface area contributed by atoms with Crippen LogP contribution in [0, 0.1) is 0 Å². The highest BCUT2D eigenvalue weighted by Gasteiger charge is 2.15. The molecule has 0 radical (unpaired) electrons. The summed E-state index contributed by atoms with van der Waals surface area (Å²) >= 11 is 21.5. The van der Waals surface area contributed by atoms with Gasteiger partial charge in [-0.15, -0.1) is 0 Å². The van der Waals surface area contributed by atoms with Crippen molar-refractivity contribution in [2.45, 2.75) is 6.42 Å². The number of hydrogen-bond donors (Lipinski definition) is 1. The Labute approximate surface area is 174 Å². The highest BCUT2D eigenvalue weighted by Crippen LogP contribution is 2.33. The molecule has 0 saturated heterocycles. The standard InChI is InChI=1S/C19H13BrCl3NO2/c1-26-18-5-2-10-6-11(20)3-4-12(10)13(18)7-19(25)24-17-9-15(22)14(21)8-16(17)23/h2-6,8-9H,7H2,1H3,(H,24,25). The number of benzene rings is 3. The van der Waals surface area contributed by atoms with E-state index in [9.17, 15) is 4.79 Å². The number of carbonyl (C=O) groups is 1. The molecule has 0 saturated carbocycles. The Hall–Kier alpha value is -1.46. The lowest BCUT2D eigenvalue weighted by Gasteiger charge is -2.13. The maximum atomic E-state index is 12.6. The van der Waals surface area contributed by atoms with Crippen molar-refractivity contribution in [2.75, 3.05) is 12.4 Å². The van der Waals surface area contributed by atoms with Crippen molar-refractivity contribution >= 4 is 73.1 Å². The number of amides is 1. The third kappa shape index (κ3) is 4.09. The summed E-state index contributed by atoms with van der Waals surface area (Å²) in [5.41, 5.74) is 1.21. The van der Waals surface area contributed by atoms with E-state index in [1.54, 1.807) is 7.11 Å². The van der Waals surface area contributed by atoms with E-state index >= 15 is 0 Å². The molecule has 0 atom stereocenters. The predicted octanol–water partition coefficient (Wildman–Crippen LogP) is 6.75. The number of carbonyl (C=O) groups excluding carboxylic acids is 1. The van der Waals surface area contributed by atoms with Gasteiger partial charge in [0.05, 0.1) is 34.3 Å². The van der Waals surface area contributed by atoms with Gasteiger partial charge in [-0.25, -0.2) is 0 Å². The van der Waals surface area contributed by atoms with Crippen molar-refractivity contribution in [3.05, 3.63) is 67.6 Å². The van der Waals surface area contributed by atoms with Crippen LogP contribution in [0.4, 0.5) is 5.69 Å². The number of ether oxygens (including phenoxy) is 1. The van der Waals surface area contributed by atoms with E-state index in [1.165, 1.54) is 12.1 Å². The molecule has 26 heavy (non-hydrogen) atoms. The zero-order valence-electron chi connectivity index (χ0n) is 13.6.